The van der Waals surface area contributed by atoms with E-state index < -0.39 is 77.1 Å². The van der Waals surface area contributed by atoms with E-state index in [1.807, 2.05) is 0 Å². The van der Waals surface area contributed by atoms with Gasteiger partial charge in [-0.25, -0.2) is 22.5 Å². The quantitative estimate of drug-likeness (QED) is 0.172. The van der Waals surface area contributed by atoms with Gasteiger partial charge in [-0.15, -0.1) is 0 Å². The zero-order valence-corrected chi connectivity index (χ0v) is 18.9. The Morgan fingerprint density at radius 3 is 2.33 bits per heavy atom. The Kier molecular flexibility index (Phi) is 7.99. The van der Waals surface area contributed by atoms with Crippen LogP contribution in [0.5, 0.6) is 0 Å². The Morgan fingerprint density at radius 2 is 1.82 bits per heavy atom. The zero-order valence-electron chi connectivity index (χ0n) is 15.4. The third-order valence-electron chi connectivity index (χ3n) is 3.73. The predicted octanol–water partition coefficient (Wildman–Crippen LogP) is 2.24. The Hall–Kier alpha value is -0.880. The third kappa shape index (κ3) is 7.06. The van der Waals surface area contributed by atoms with Gasteiger partial charge in [-0.3, -0.25) is 9.09 Å². The van der Waals surface area contributed by atoms with Crippen LogP contribution in [0.2, 0.25) is 0 Å². The molecule has 0 saturated carbocycles. The number of hydrogen-bond acceptors (Lipinski definition) is 10. The summed E-state index contributed by atoms with van der Waals surface area (Å²) in [5.41, 5.74) is 0.885. The maximum Gasteiger partial charge on any atom is 0.490 e. The van der Waals surface area contributed by atoms with Crippen molar-refractivity contribution >= 4 is 41.5 Å². The highest BCUT2D eigenvalue weighted by Gasteiger charge is 2.67. The van der Waals surface area contributed by atoms with Gasteiger partial charge in [0.25, 0.3) is 5.67 Å². The van der Waals surface area contributed by atoms with Gasteiger partial charge in [-0.05, 0) is 12.2 Å². The lowest BCUT2D eigenvalue weighted by Crippen LogP contribution is -2.45. The normalized spacial score (nSPS) is 27.8. The molecule has 3 unspecified atom stereocenters. The van der Waals surface area contributed by atoms with Crippen LogP contribution in [0.15, 0.2) is 6.20 Å². The molecule has 5 atom stereocenters. The van der Waals surface area contributed by atoms with Crippen LogP contribution in [0, 0.1) is 10.6 Å². The number of ether oxygens (including phenoxy) is 1. The summed E-state index contributed by atoms with van der Waals surface area (Å²) >= 11 is 4.65. The zero-order chi connectivity index (χ0) is 25.6. The summed E-state index contributed by atoms with van der Waals surface area (Å²) in [6.45, 7) is -1.39. The van der Waals surface area contributed by atoms with Crippen LogP contribution in [-0.4, -0.2) is 53.7 Å². The van der Waals surface area contributed by atoms with Crippen molar-refractivity contribution in [3.63, 3.8) is 0 Å². The maximum absolute atomic E-state index is 15.0. The Bertz CT molecular complexity index is 1110. The van der Waals surface area contributed by atoms with Crippen molar-refractivity contribution < 1.29 is 73.1 Å². The number of aromatic nitrogens is 2. The molecule has 2 heterocycles. The van der Waals surface area contributed by atoms with Gasteiger partial charge in [0.05, 0.1) is 12.7 Å². The first-order chi connectivity index (χ1) is 14.7. The number of nitrogen functional groups attached to an aromatic ring is 1. The number of halogens is 5. The van der Waals surface area contributed by atoms with Gasteiger partial charge in [-0.2, -0.15) is 26.8 Å². The van der Waals surface area contributed by atoms with Crippen LogP contribution in [0.4, 0.5) is 27.8 Å². The van der Waals surface area contributed by atoms with E-state index >= 15 is 4.39 Å². The molecule has 0 bridgehead atoms. The van der Waals surface area contributed by atoms with Crippen molar-refractivity contribution in [2.45, 2.75) is 30.6 Å². The lowest BCUT2D eigenvalue weighted by Gasteiger charge is -2.29. The Labute approximate surface area is 184 Å². The summed E-state index contributed by atoms with van der Waals surface area (Å²) in [6, 6.07) is 0. The molecule has 190 valence electrons. The molecular weight excluding hydrogens is 558 g/mol. The van der Waals surface area contributed by atoms with Gasteiger partial charge >= 0.3 is 29.6 Å². The van der Waals surface area contributed by atoms with Crippen molar-refractivity contribution in [1.29, 1.82) is 0 Å². The number of nitrogens with two attached hydrogens (primary N) is 1. The first-order valence-corrected chi connectivity index (χ1v) is 12.8. The SMILES string of the molecule is Nc1nc(=S)n([C@@H]2OC(COP(=O)(O)OP(=O)(O)OP(=O)(O)O)C[C@]2(F)C(F)(F)F)cc1F. The lowest BCUT2D eigenvalue weighted by molar-refractivity contribution is -0.256. The van der Waals surface area contributed by atoms with Crippen LogP contribution in [-0.2, 0) is 31.6 Å². The summed E-state index contributed by atoms with van der Waals surface area (Å²) in [5, 5.41) is 0. The molecule has 1 aliphatic rings. The largest absolute Gasteiger partial charge is 0.490 e. The van der Waals surface area contributed by atoms with Gasteiger partial charge < -0.3 is 30.0 Å². The van der Waals surface area contributed by atoms with Gasteiger partial charge in [0, 0.05) is 12.6 Å². The molecule has 1 saturated heterocycles. The second-order valence-electron chi connectivity index (χ2n) is 6.23. The molecule has 1 aromatic heterocycles. The van der Waals surface area contributed by atoms with Crippen molar-refractivity contribution in [3.8, 4) is 0 Å². The van der Waals surface area contributed by atoms with E-state index in [2.05, 4.69) is 30.3 Å². The molecule has 1 fully saturated rings. The number of hydrogen-bond donors (Lipinski definition) is 5. The molecule has 14 nitrogen and oxygen atoms in total. The summed E-state index contributed by atoms with van der Waals surface area (Å²) < 4.78 is 118. The van der Waals surface area contributed by atoms with E-state index in [9.17, 15) is 36.2 Å². The summed E-state index contributed by atoms with van der Waals surface area (Å²) in [4.78, 5) is 38.5. The minimum Gasteiger partial charge on any atom is -0.381 e. The van der Waals surface area contributed by atoms with Crippen LogP contribution in [0.25, 0.3) is 0 Å². The van der Waals surface area contributed by atoms with E-state index in [-0.39, 0.29) is 4.57 Å². The number of alkyl halides is 4. The molecule has 0 aliphatic carbocycles. The van der Waals surface area contributed by atoms with E-state index in [1.54, 1.807) is 0 Å². The fourth-order valence-corrected chi connectivity index (χ4v) is 5.81. The minimum atomic E-state index is -5.90. The second-order valence-corrected chi connectivity index (χ2v) is 11.0. The van der Waals surface area contributed by atoms with E-state index in [4.69, 9.17) is 25.2 Å². The molecule has 6 N–H and O–H groups in total. The van der Waals surface area contributed by atoms with Crippen molar-refractivity contribution in [2.75, 3.05) is 12.3 Å². The number of anilines is 1. The number of nitrogens with zero attached hydrogens (tertiary/aromatic N) is 2. The standard InChI is InChI=1S/C10H13F5N3O11P3S/c11-5-2-18(8(33)17-6(5)16)7-9(12,10(13,14)15)1-4(27-7)3-26-31(22,23)29-32(24,25)28-30(19,20)21/h2,4,7H,1,3H2,(H,22,23)(H,24,25)(H2,16,17,33)(H2,19,20,21)/t4?,7-,9-/m1/s1. The topological polar surface area (TPSA) is 213 Å². The van der Waals surface area contributed by atoms with Crippen molar-refractivity contribution in [1.82, 2.24) is 9.55 Å². The highest BCUT2D eigenvalue weighted by atomic mass is 32.1. The predicted molar refractivity (Wildman–Crippen MR) is 95.7 cm³/mol. The average molecular weight is 571 g/mol. The smallest absolute Gasteiger partial charge is 0.381 e. The summed E-state index contributed by atoms with van der Waals surface area (Å²) in [5.74, 6) is -2.16. The van der Waals surface area contributed by atoms with E-state index in [1.165, 1.54) is 0 Å². The molecule has 33 heavy (non-hydrogen) atoms. The molecule has 0 aromatic carbocycles. The van der Waals surface area contributed by atoms with Gasteiger partial charge in [0.1, 0.15) is 0 Å². The average Bonchev–Trinajstić information content (AvgIpc) is 2.91. The Morgan fingerprint density at radius 1 is 1.24 bits per heavy atom. The second kappa shape index (κ2) is 9.29. The number of rotatable bonds is 8. The summed E-state index contributed by atoms with van der Waals surface area (Å²) in [6.07, 6.45) is -11.6. The molecule has 2 rings (SSSR count). The van der Waals surface area contributed by atoms with Crippen molar-refractivity contribution in [2.24, 2.45) is 0 Å². The number of phosphoric acid groups is 3. The minimum absolute atomic E-state index is 0.166. The van der Waals surface area contributed by atoms with Crippen LogP contribution >= 0.6 is 35.7 Å². The van der Waals surface area contributed by atoms with Gasteiger partial charge in [0.15, 0.2) is 17.9 Å². The monoisotopic (exact) mass is 571 g/mol. The molecule has 0 amide bonds. The highest BCUT2D eigenvalue weighted by molar-refractivity contribution is 7.71. The van der Waals surface area contributed by atoms with Gasteiger partial charge in [0.2, 0.25) is 4.77 Å². The highest BCUT2D eigenvalue weighted by Crippen LogP contribution is 2.66. The van der Waals surface area contributed by atoms with Crippen LogP contribution < -0.4 is 5.73 Å². The fourth-order valence-electron chi connectivity index (χ4n) is 2.52. The third-order valence-corrected chi connectivity index (χ3v) is 7.84. The molecule has 0 spiro atoms. The Balaban J connectivity index is 2.24. The fraction of sp³-hybridized carbons (Fsp3) is 0.600. The molecule has 1 aromatic rings. The molecule has 23 heteroatoms. The molecular formula is C10H13F5N3O11P3S. The lowest BCUT2D eigenvalue weighted by atomic mass is 9.99. The first kappa shape index (κ1) is 28.4. The molecule has 1 aliphatic heterocycles. The van der Waals surface area contributed by atoms with Crippen LogP contribution in [0.3, 0.4) is 0 Å². The number of phosphoric ester groups is 1. The van der Waals surface area contributed by atoms with Crippen molar-refractivity contribution in [3.05, 3.63) is 16.8 Å². The summed E-state index contributed by atoms with van der Waals surface area (Å²) in [7, 11) is -17.3. The van der Waals surface area contributed by atoms with E-state index in [0.29, 0.717) is 6.20 Å². The van der Waals surface area contributed by atoms with Crippen LogP contribution in [0.1, 0.15) is 12.6 Å². The molecule has 0 radical (unpaired) electrons. The maximum atomic E-state index is 15.0. The van der Waals surface area contributed by atoms with Gasteiger partial charge in [-0.1, -0.05) is 0 Å². The van der Waals surface area contributed by atoms with E-state index in [0.717, 1.165) is 0 Å². The first-order valence-electron chi connectivity index (χ1n) is 7.89.